The summed E-state index contributed by atoms with van der Waals surface area (Å²) < 4.78 is 12.9. The molecule has 3 heterocycles. The molecule has 0 radical (unpaired) electrons. The summed E-state index contributed by atoms with van der Waals surface area (Å²) in [6, 6.07) is 59.0. The van der Waals surface area contributed by atoms with E-state index >= 15 is 0 Å². The summed E-state index contributed by atoms with van der Waals surface area (Å²) in [6.45, 7) is 0. The van der Waals surface area contributed by atoms with Crippen LogP contribution < -0.4 is 0 Å². The Morgan fingerprint density at radius 1 is 0.327 bits per heavy atom. The fraction of sp³-hybridized carbons (Fsp3) is 0. The molecule has 0 fully saturated rings. The van der Waals surface area contributed by atoms with Crippen molar-refractivity contribution in [3.8, 4) is 45.0 Å². The van der Waals surface area contributed by atoms with Crippen LogP contribution in [0.3, 0.4) is 0 Å². The molecule has 0 atom stereocenters. The molecule has 0 aliphatic rings. The Bertz CT molecular complexity index is 3190. The van der Waals surface area contributed by atoms with Gasteiger partial charge < -0.3 is 8.83 Å². The van der Waals surface area contributed by atoms with Crippen LogP contribution in [0.4, 0.5) is 0 Å². The number of nitrogens with zero attached hydrogens (tertiary/aromatic N) is 2. The van der Waals surface area contributed by atoms with Crippen LogP contribution in [0.25, 0.3) is 110 Å². The van der Waals surface area contributed by atoms with Gasteiger partial charge in [0.2, 0.25) is 0 Å². The summed E-state index contributed by atoms with van der Waals surface area (Å²) >= 11 is 0. The standard InChI is InChI=1S/C48H28N2O2/c1-2-12-31(13-3-1)39-28-40(50-48(49-39)37-18-10-20-42-45(37)36-15-6-7-19-41(36)51-42)35-17-9-22-44-47(35)46-34(16-8-21-43(46)52-44)32-26-25-30-24-23-29-11-4-5-14-33(29)38(30)27-32/h1-28H. The number of rotatable bonds is 4. The highest BCUT2D eigenvalue weighted by molar-refractivity contribution is 6.19. The Kier molecular flexibility index (Phi) is 6.22. The predicted octanol–water partition coefficient (Wildman–Crippen LogP) is 13.2. The van der Waals surface area contributed by atoms with Crippen molar-refractivity contribution in [2.75, 3.05) is 0 Å². The molecule has 8 aromatic carbocycles. The summed E-state index contributed by atoms with van der Waals surface area (Å²) in [4.78, 5) is 10.6. The average molecular weight is 665 g/mol. The molecule has 11 aromatic rings. The summed E-state index contributed by atoms with van der Waals surface area (Å²) in [5.41, 5.74) is 10.2. The first-order valence-electron chi connectivity index (χ1n) is 17.5. The van der Waals surface area contributed by atoms with Gasteiger partial charge in [0, 0.05) is 38.2 Å². The van der Waals surface area contributed by atoms with Crippen molar-refractivity contribution in [2.24, 2.45) is 0 Å². The first kappa shape index (κ1) is 28.8. The van der Waals surface area contributed by atoms with Gasteiger partial charge in [-0.1, -0.05) is 133 Å². The largest absolute Gasteiger partial charge is 0.456 e. The van der Waals surface area contributed by atoms with Gasteiger partial charge in [-0.25, -0.2) is 9.97 Å². The van der Waals surface area contributed by atoms with Crippen LogP contribution in [0, 0.1) is 0 Å². The lowest BCUT2D eigenvalue weighted by Gasteiger charge is -2.12. The minimum Gasteiger partial charge on any atom is -0.456 e. The second-order valence-electron chi connectivity index (χ2n) is 13.3. The molecule has 0 saturated carbocycles. The van der Waals surface area contributed by atoms with Gasteiger partial charge in [0.15, 0.2) is 5.82 Å². The third kappa shape index (κ3) is 4.41. The van der Waals surface area contributed by atoms with Gasteiger partial charge >= 0.3 is 0 Å². The maximum Gasteiger partial charge on any atom is 0.161 e. The summed E-state index contributed by atoms with van der Waals surface area (Å²) in [5, 5.41) is 9.07. The molecule has 0 aliphatic carbocycles. The predicted molar refractivity (Wildman–Crippen MR) is 213 cm³/mol. The number of hydrogen-bond acceptors (Lipinski definition) is 4. The van der Waals surface area contributed by atoms with E-state index in [0.29, 0.717) is 5.82 Å². The van der Waals surface area contributed by atoms with Crippen molar-refractivity contribution in [1.82, 2.24) is 9.97 Å². The fourth-order valence-corrected chi connectivity index (χ4v) is 7.91. The van der Waals surface area contributed by atoms with E-state index in [9.17, 15) is 0 Å². The number of aromatic nitrogens is 2. The Hall–Kier alpha value is -7.04. The number of fused-ring (bicyclic) bond motifs is 9. The van der Waals surface area contributed by atoms with E-state index < -0.39 is 0 Å². The van der Waals surface area contributed by atoms with Crippen LogP contribution in [0.5, 0.6) is 0 Å². The molecule has 52 heavy (non-hydrogen) atoms. The number of hydrogen-bond donors (Lipinski definition) is 0. The summed E-state index contributed by atoms with van der Waals surface area (Å²) in [7, 11) is 0. The first-order valence-corrected chi connectivity index (χ1v) is 17.5. The van der Waals surface area contributed by atoms with E-state index in [1.807, 2.05) is 48.5 Å². The first-order chi connectivity index (χ1) is 25.8. The highest BCUT2D eigenvalue weighted by Gasteiger charge is 2.21. The Morgan fingerprint density at radius 2 is 0.904 bits per heavy atom. The third-order valence-corrected chi connectivity index (χ3v) is 10.3. The summed E-state index contributed by atoms with van der Waals surface area (Å²) in [5.74, 6) is 0.639. The van der Waals surface area contributed by atoms with Crippen molar-refractivity contribution >= 4 is 65.4 Å². The van der Waals surface area contributed by atoms with Crippen molar-refractivity contribution in [2.45, 2.75) is 0 Å². The average Bonchev–Trinajstić information content (AvgIpc) is 3.79. The highest BCUT2D eigenvalue weighted by atomic mass is 16.3. The Labute approximate surface area is 298 Å². The Balaban J connectivity index is 1.19. The van der Waals surface area contributed by atoms with Crippen LogP contribution in [0.15, 0.2) is 179 Å². The summed E-state index contributed by atoms with van der Waals surface area (Å²) in [6.07, 6.45) is 0. The minimum atomic E-state index is 0.639. The molecule has 4 heteroatoms. The van der Waals surface area contributed by atoms with Gasteiger partial charge in [0.25, 0.3) is 0 Å². The van der Waals surface area contributed by atoms with Crippen LogP contribution in [0.1, 0.15) is 0 Å². The van der Waals surface area contributed by atoms with Gasteiger partial charge in [0.1, 0.15) is 22.3 Å². The number of para-hydroxylation sites is 1. The SMILES string of the molecule is c1ccc(-c2cc(-c3cccc4oc5cccc(-c6ccc7ccc8ccccc8c7c6)c5c34)nc(-c3cccc4oc5ccccc5c34)n2)cc1. The van der Waals surface area contributed by atoms with Gasteiger partial charge in [0.05, 0.1) is 11.4 Å². The normalized spacial score (nSPS) is 11.8. The molecule has 0 bridgehead atoms. The highest BCUT2D eigenvalue weighted by Crippen LogP contribution is 2.43. The van der Waals surface area contributed by atoms with E-state index in [-0.39, 0.29) is 0 Å². The molecular weight excluding hydrogens is 637 g/mol. The van der Waals surface area contributed by atoms with Gasteiger partial charge in [-0.15, -0.1) is 0 Å². The van der Waals surface area contributed by atoms with E-state index in [1.165, 1.54) is 21.5 Å². The lowest BCUT2D eigenvalue weighted by atomic mass is 9.93. The lowest BCUT2D eigenvalue weighted by molar-refractivity contribution is 0.668. The quantitative estimate of drug-likeness (QED) is 0.176. The molecule has 242 valence electrons. The zero-order valence-corrected chi connectivity index (χ0v) is 27.9. The molecule has 3 aromatic heterocycles. The number of benzene rings is 8. The molecule has 0 unspecified atom stereocenters. The molecule has 4 nitrogen and oxygen atoms in total. The molecule has 0 aliphatic heterocycles. The lowest BCUT2D eigenvalue weighted by Crippen LogP contribution is -1.96. The molecule has 0 amide bonds. The fourth-order valence-electron chi connectivity index (χ4n) is 7.91. The zero-order chi connectivity index (χ0) is 34.2. The maximum atomic E-state index is 6.60. The van der Waals surface area contributed by atoms with E-state index in [1.54, 1.807) is 0 Å². The van der Waals surface area contributed by atoms with Gasteiger partial charge in [-0.3, -0.25) is 0 Å². The van der Waals surface area contributed by atoms with Crippen LogP contribution in [-0.2, 0) is 0 Å². The smallest absolute Gasteiger partial charge is 0.161 e. The van der Waals surface area contributed by atoms with Crippen LogP contribution >= 0.6 is 0 Å². The molecule has 11 rings (SSSR count). The second kappa shape index (κ2) is 11.2. The van der Waals surface area contributed by atoms with E-state index in [0.717, 1.165) is 83.1 Å². The monoisotopic (exact) mass is 664 g/mol. The maximum absolute atomic E-state index is 6.60. The molecular formula is C48H28N2O2. The molecule has 0 saturated heterocycles. The molecule has 0 spiro atoms. The third-order valence-electron chi connectivity index (χ3n) is 10.3. The second-order valence-corrected chi connectivity index (χ2v) is 13.3. The Morgan fingerprint density at radius 3 is 1.73 bits per heavy atom. The molecule has 0 N–H and O–H groups in total. The zero-order valence-electron chi connectivity index (χ0n) is 27.9. The van der Waals surface area contributed by atoms with Gasteiger partial charge in [-0.2, -0.15) is 0 Å². The van der Waals surface area contributed by atoms with Crippen LogP contribution in [-0.4, -0.2) is 9.97 Å². The van der Waals surface area contributed by atoms with E-state index in [4.69, 9.17) is 18.8 Å². The van der Waals surface area contributed by atoms with Crippen LogP contribution in [0.2, 0.25) is 0 Å². The van der Waals surface area contributed by atoms with Crippen molar-refractivity contribution < 1.29 is 8.83 Å². The van der Waals surface area contributed by atoms with E-state index in [2.05, 4.69) is 121 Å². The number of furan rings is 2. The topological polar surface area (TPSA) is 52.1 Å². The van der Waals surface area contributed by atoms with Crippen molar-refractivity contribution in [3.63, 3.8) is 0 Å². The van der Waals surface area contributed by atoms with Crippen molar-refractivity contribution in [3.05, 3.63) is 170 Å². The minimum absolute atomic E-state index is 0.639. The van der Waals surface area contributed by atoms with Gasteiger partial charge in [-0.05, 0) is 69.1 Å². The van der Waals surface area contributed by atoms with Crippen molar-refractivity contribution in [1.29, 1.82) is 0 Å².